The molecule has 20 heavy (non-hydrogen) atoms. The number of anilines is 1. The molecule has 0 saturated carbocycles. The summed E-state index contributed by atoms with van der Waals surface area (Å²) >= 11 is 5.95. The van der Waals surface area contributed by atoms with Crippen molar-refractivity contribution in [3.05, 3.63) is 27.4 Å². The quantitative estimate of drug-likeness (QED) is 0.493. The lowest BCUT2D eigenvalue weighted by Gasteiger charge is -2.28. The van der Waals surface area contributed by atoms with Crippen LogP contribution < -0.4 is 5.32 Å². The highest BCUT2D eigenvalue weighted by atomic mass is 35.5. The van der Waals surface area contributed by atoms with E-state index in [1.54, 1.807) is 6.92 Å². The zero-order valence-corrected chi connectivity index (χ0v) is 12.2. The topological polar surface area (TPSA) is 94.4 Å². The minimum Gasteiger partial charge on any atom is -0.467 e. The summed E-state index contributed by atoms with van der Waals surface area (Å²) < 4.78 is 4.76. The average molecular weight is 302 g/mol. The van der Waals surface area contributed by atoms with Gasteiger partial charge in [0.25, 0.3) is 5.69 Å². The smallest absolute Gasteiger partial charge is 0.331 e. The number of carbonyl (C=O) groups excluding carboxylic acids is 1. The van der Waals surface area contributed by atoms with Crippen LogP contribution in [-0.2, 0) is 9.53 Å². The highest BCUT2D eigenvalue weighted by molar-refractivity contribution is 6.33. The average Bonchev–Trinajstić information content (AvgIpc) is 2.40. The molecule has 1 N–H and O–H groups in total. The molecule has 0 aliphatic heterocycles. The van der Waals surface area contributed by atoms with Gasteiger partial charge in [-0.05, 0) is 13.3 Å². The van der Waals surface area contributed by atoms with Crippen LogP contribution in [0.4, 0.5) is 11.5 Å². The molecule has 0 fully saturated rings. The SMILES string of the molecule is CCCC(C)(Nc1ncc([N+](=O)[O-])cc1Cl)C(=O)OC. The van der Waals surface area contributed by atoms with Crippen molar-refractivity contribution in [2.24, 2.45) is 0 Å². The zero-order chi connectivity index (χ0) is 15.3. The Morgan fingerprint density at radius 3 is 2.75 bits per heavy atom. The molecule has 0 bridgehead atoms. The third kappa shape index (κ3) is 3.57. The summed E-state index contributed by atoms with van der Waals surface area (Å²) in [5.74, 6) is -0.241. The van der Waals surface area contributed by atoms with Crippen LogP contribution in [0.5, 0.6) is 0 Å². The summed E-state index contributed by atoms with van der Waals surface area (Å²) in [6.45, 7) is 3.59. The van der Waals surface area contributed by atoms with Gasteiger partial charge in [0, 0.05) is 6.07 Å². The van der Waals surface area contributed by atoms with Gasteiger partial charge in [0.05, 0.1) is 17.1 Å². The van der Waals surface area contributed by atoms with Crippen molar-refractivity contribution in [2.75, 3.05) is 12.4 Å². The van der Waals surface area contributed by atoms with Crippen molar-refractivity contribution >= 4 is 29.1 Å². The number of carbonyl (C=O) groups is 1. The first-order chi connectivity index (χ1) is 9.34. The molecule has 110 valence electrons. The lowest BCUT2D eigenvalue weighted by atomic mass is 9.96. The third-order valence-corrected chi connectivity index (χ3v) is 3.11. The third-order valence-electron chi connectivity index (χ3n) is 2.82. The Labute approximate surface area is 121 Å². The lowest BCUT2D eigenvalue weighted by molar-refractivity contribution is -0.385. The van der Waals surface area contributed by atoms with E-state index in [4.69, 9.17) is 16.3 Å². The van der Waals surface area contributed by atoms with Crippen molar-refractivity contribution in [3.8, 4) is 0 Å². The minimum absolute atomic E-state index is 0.0745. The van der Waals surface area contributed by atoms with Crippen LogP contribution in [0.1, 0.15) is 26.7 Å². The van der Waals surface area contributed by atoms with Crippen molar-refractivity contribution < 1.29 is 14.5 Å². The van der Waals surface area contributed by atoms with Crippen LogP contribution in [0.3, 0.4) is 0 Å². The zero-order valence-electron chi connectivity index (χ0n) is 11.5. The normalized spacial score (nSPS) is 13.4. The number of rotatable bonds is 6. The van der Waals surface area contributed by atoms with Gasteiger partial charge in [0.15, 0.2) is 0 Å². The number of pyridine rings is 1. The molecule has 0 aromatic carbocycles. The summed E-state index contributed by atoms with van der Waals surface area (Å²) in [4.78, 5) is 25.8. The molecule has 0 saturated heterocycles. The highest BCUT2D eigenvalue weighted by Crippen LogP contribution is 2.28. The van der Waals surface area contributed by atoms with Crippen LogP contribution in [0.2, 0.25) is 5.02 Å². The maximum Gasteiger partial charge on any atom is 0.331 e. The summed E-state index contributed by atoms with van der Waals surface area (Å²) in [5.41, 5.74) is -1.20. The molecular formula is C12H16ClN3O4. The van der Waals surface area contributed by atoms with Crippen LogP contribution in [0, 0.1) is 10.1 Å². The fourth-order valence-corrected chi connectivity index (χ4v) is 2.03. The van der Waals surface area contributed by atoms with Gasteiger partial charge in [-0.1, -0.05) is 24.9 Å². The van der Waals surface area contributed by atoms with E-state index >= 15 is 0 Å². The van der Waals surface area contributed by atoms with Gasteiger partial charge in [-0.2, -0.15) is 0 Å². The van der Waals surface area contributed by atoms with E-state index in [9.17, 15) is 14.9 Å². The highest BCUT2D eigenvalue weighted by Gasteiger charge is 2.34. The van der Waals surface area contributed by atoms with E-state index in [-0.39, 0.29) is 16.5 Å². The first-order valence-corrected chi connectivity index (χ1v) is 6.38. The summed E-state index contributed by atoms with van der Waals surface area (Å²) in [6, 6.07) is 1.18. The molecule has 0 radical (unpaired) electrons. The Morgan fingerprint density at radius 2 is 2.30 bits per heavy atom. The van der Waals surface area contributed by atoms with E-state index in [0.717, 1.165) is 12.6 Å². The summed E-state index contributed by atoms with van der Waals surface area (Å²) in [5, 5.41) is 13.6. The number of hydrogen-bond donors (Lipinski definition) is 1. The summed E-state index contributed by atoms with van der Waals surface area (Å²) in [7, 11) is 1.29. The monoisotopic (exact) mass is 301 g/mol. The maximum absolute atomic E-state index is 11.9. The van der Waals surface area contributed by atoms with E-state index in [1.807, 2.05) is 6.92 Å². The Morgan fingerprint density at radius 1 is 1.65 bits per heavy atom. The predicted molar refractivity (Wildman–Crippen MR) is 74.9 cm³/mol. The first-order valence-electron chi connectivity index (χ1n) is 6.00. The van der Waals surface area contributed by atoms with Crippen molar-refractivity contribution in [1.82, 2.24) is 4.98 Å². The Bertz CT molecular complexity index is 523. The second-order valence-electron chi connectivity index (χ2n) is 4.48. The molecule has 1 unspecified atom stereocenters. The number of nitrogens with zero attached hydrogens (tertiary/aromatic N) is 2. The number of aromatic nitrogens is 1. The van der Waals surface area contributed by atoms with Gasteiger partial charge in [-0.3, -0.25) is 10.1 Å². The molecule has 7 nitrogen and oxygen atoms in total. The second-order valence-corrected chi connectivity index (χ2v) is 4.89. The number of esters is 1. The number of ether oxygens (including phenoxy) is 1. The van der Waals surface area contributed by atoms with Gasteiger partial charge < -0.3 is 10.1 Å². The Balaban J connectivity index is 3.06. The predicted octanol–water partition coefficient (Wildman–Crippen LogP) is 2.79. The molecule has 1 heterocycles. The Hall–Kier alpha value is -1.89. The molecule has 1 atom stereocenters. The largest absolute Gasteiger partial charge is 0.467 e. The first kappa shape index (κ1) is 16.2. The fourth-order valence-electron chi connectivity index (χ4n) is 1.82. The summed E-state index contributed by atoms with van der Waals surface area (Å²) in [6.07, 6.45) is 2.33. The number of nitro groups is 1. The van der Waals surface area contributed by atoms with Gasteiger partial charge in [0.1, 0.15) is 17.6 Å². The van der Waals surface area contributed by atoms with Crippen molar-refractivity contribution in [2.45, 2.75) is 32.2 Å². The molecule has 0 aliphatic rings. The standard InChI is InChI=1S/C12H16ClN3O4/c1-4-5-12(2,11(17)20-3)15-10-9(13)6-8(7-14-10)16(18)19/h6-7H,4-5H2,1-3H3,(H,14,15). The minimum atomic E-state index is -0.990. The second kappa shape index (κ2) is 6.51. The number of halogens is 1. The van der Waals surface area contributed by atoms with Crippen LogP contribution in [0.25, 0.3) is 0 Å². The van der Waals surface area contributed by atoms with Gasteiger partial charge in [-0.15, -0.1) is 0 Å². The molecule has 0 amide bonds. The van der Waals surface area contributed by atoms with Gasteiger partial charge in [-0.25, -0.2) is 9.78 Å². The van der Waals surface area contributed by atoms with E-state index in [2.05, 4.69) is 10.3 Å². The molecule has 1 rings (SSSR count). The molecule has 1 aromatic rings. The number of hydrogen-bond acceptors (Lipinski definition) is 6. The molecule has 0 aliphatic carbocycles. The van der Waals surface area contributed by atoms with Crippen molar-refractivity contribution in [1.29, 1.82) is 0 Å². The number of nitrogens with one attached hydrogen (secondary N) is 1. The van der Waals surface area contributed by atoms with E-state index in [1.165, 1.54) is 13.2 Å². The van der Waals surface area contributed by atoms with Crippen LogP contribution in [-0.4, -0.2) is 28.5 Å². The lowest BCUT2D eigenvalue weighted by Crippen LogP contribution is -2.44. The van der Waals surface area contributed by atoms with Crippen LogP contribution >= 0.6 is 11.6 Å². The van der Waals surface area contributed by atoms with Gasteiger partial charge >= 0.3 is 5.97 Å². The van der Waals surface area contributed by atoms with Gasteiger partial charge in [0.2, 0.25) is 0 Å². The van der Waals surface area contributed by atoms with Crippen molar-refractivity contribution in [3.63, 3.8) is 0 Å². The number of methoxy groups -OCH3 is 1. The molecule has 1 aromatic heterocycles. The van der Waals surface area contributed by atoms with E-state index in [0.29, 0.717) is 6.42 Å². The fraction of sp³-hybridized carbons (Fsp3) is 0.500. The van der Waals surface area contributed by atoms with Crippen LogP contribution in [0.15, 0.2) is 12.3 Å². The van der Waals surface area contributed by atoms with E-state index < -0.39 is 16.4 Å². The molecular weight excluding hydrogens is 286 g/mol. The maximum atomic E-state index is 11.9. The Kier molecular flexibility index (Phi) is 5.26. The molecule has 8 heteroatoms. The molecule has 0 spiro atoms.